The number of nitrogens with two attached hydrogens (primary N) is 1. The van der Waals surface area contributed by atoms with E-state index in [-0.39, 0.29) is 0 Å². The first-order chi connectivity index (χ1) is 10.2. The van der Waals surface area contributed by atoms with Crippen LogP contribution in [0.5, 0.6) is 5.75 Å². The Labute approximate surface area is 124 Å². The molecule has 4 heteroatoms. The van der Waals surface area contributed by atoms with Gasteiger partial charge in [0.25, 0.3) is 0 Å². The predicted molar refractivity (Wildman–Crippen MR) is 84.7 cm³/mol. The molecule has 0 fully saturated rings. The van der Waals surface area contributed by atoms with Crippen LogP contribution in [-0.2, 0) is 6.42 Å². The second-order valence-electron chi connectivity index (χ2n) is 5.08. The Morgan fingerprint density at radius 3 is 2.76 bits per heavy atom. The van der Waals surface area contributed by atoms with Crippen molar-refractivity contribution in [2.45, 2.75) is 13.3 Å². The van der Waals surface area contributed by atoms with E-state index in [9.17, 15) is 0 Å². The molecule has 108 valence electrons. The first-order valence-corrected chi connectivity index (χ1v) is 7.05. The number of nitrogens with zero attached hydrogens (tertiary/aromatic N) is 2. The van der Waals surface area contributed by atoms with Gasteiger partial charge in [-0.2, -0.15) is 0 Å². The molecule has 2 heterocycles. The number of methoxy groups -OCH3 is 1. The monoisotopic (exact) mass is 281 g/mol. The van der Waals surface area contributed by atoms with Gasteiger partial charge in [-0.15, -0.1) is 0 Å². The Balaban J connectivity index is 2.28. The van der Waals surface area contributed by atoms with Crippen LogP contribution >= 0.6 is 0 Å². The lowest BCUT2D eigenvalue weighted by molar-refractivity contribution is 0.416. The summed E-state index contributed by atoms with van der Waals surface area (Å²) in [6.07, 6.45) is 2.88. The Morgan fingerprint density at radius 2 is 2.00 bits per heavy atom. The molecule has 0 amide bonds. The standard InChI is InChI=1S/C17H19N3O/c1-12-7-8-16-19-17(14(9-10-18)20(16)11-12)13-5-3-4-6-15(13)21-2/h3-8,11H,9-10,18H2,1-2H3. The van der Waals surface area contributed by atoms with Gasteiger partial charge in [-0.3, -0.25) is 0 Å². The van der Waals surface area contributed by atoms with E-state index in [2.05, 4.69) is 23.6 Å². The number of fused-ring (bicyclic) bond motifs is 1. The van der Waals surface area contributed by atoms with Crippen molar-refractivity contribution in [1.82, 2.24) is 9.38 Å². The Bertz CT molecular complexity index is 777. The molecule has 0 aliphatic rings. The van der Waals surface area contributed by atoms with Crippen molar-refractivity contribution in [3.63, 3.8) is 0 Å². The molecule has 3 rings (SSSR count). The minimum atomic E-state index is 0.587. The Kier molecular flexibility index (Phi) is 3.62. The van der Waals surface area contributed by atoms with Crippen LogP contribution in [0.4, 0.5) is 0 Å². The number of benzene rings is 1. The highest BCUT2D eigenvalue weighted by Crippen LogP contribution is 2.32. The minimum absolute atomic E-state index is 0.587. The van der Waals surface area contributed by atoms with Crippen LogP contribution in [0.2, 0.25) is 0 Å². The zero-order chi connectivity index (χ0) is 14.8. The smallest absolute Gasteiger partial charge is 0.137 e. The molecule has 21 heavy (non-hydrogen) atoms. The van der Waals surface area contributed by atoms with E-state index in [4.69, 9.17) is 15.5 Å². The fourth-order valence-corrected chi connectivity index (χ4v) is 2.63. The summed E-state index contributed by atoms with van der Waals surface area (Å²) in [4.78, 5) is 4.78. The third-order valence-corrected chi connectivity index (χ3v) is 3.61. The van der Waals surface area contributed by atoms with Gasteiger partial charge in [0.1, 0.15) is 11.4 Å². The molecule has 2 aromatic heterocycles. The molecule has 0 saturated carbocycles. The largest absolute Gasteiger partial charge is 0.496 e. The van der Waals surface area contributed by atoms with Crippen LogP contribution in [0.1, 0.15) is 11.3 Å². The van der Waals surface area contributed by atoms with Crippen molar-refractivity contribution < 1.29 is 4.74 Å². The maximum Gasteiger partial charge on any atom is 0.137 e. The third-order valence-electron chi connectivity index (χ3n) is 3.61. The number of rotatable bonds is 4. The predicted octanol–water partition coefficient (Wildman–Crippen LogP) is 2.82. The quantitative estimate of drug-likeness (QED) is 0.800. The normalized spacial score (nSPS) is 11.0. The van der Waals surface area contributed by atoms with E-state index in [1.165, 1.54) is 5.56 Å². The summed E-state index contributed by atoms with van der Waals surface area (Å²) in [6, 6.07) is 12.1. The van der Waals surface area contributed by atoms with E-state index in [0.29, 0.717) is 6.54 Å². The first kappa shape index (κ1) is 13.6. The van der Waals surface area contributed by atoms with Crippen LogP contribution in [0.25, 0.3) is 16.9 Å². The van der Waals surface area contributed by atoms with E-state index < -0.39 is 0 Å². The molecule has 0 saturated heterocycles. The average molecular weight is 281 g/mol. The fraction of sp³-hybridized carbons (Fsp3) is 0.235. The summed E-state index contributed by atoms with van der Waals surface area (Å²) in [5, 5.41) is 0. The van der Waals surface area contributed by atoms with Crippen LogP contribution in [0.3, 0.4) is 0 Å². The molecule has 0 aliphatic carbocycles. The average Bonchev–Trinajstić information content (AvgIpc) is 2.86. The highest BCUT2D eigenvalue weighted by molar-refractivity contribution is 5.72. The van der Waals surface area contributed by atoms with Crippen molar-refractivity contribution >= 4 is 5.65 Å². The topological polar surface area (TPSA) is 52.5 Å². The molecule has 0 spiro atoms. The molecule has 0 radical (unpaired) electrons. The van der Waals surface area contributed by atoms with Crippen LogP contribution in [0.15, 0.2) is 42.6 Å². The minimum Gasteiger partial charge on any atom is -0.496 e. The van der Waals surface area contributed by atoms with Gasteiger partial charge in [-0.1, -0.05) is 18.2 Å². The molecule has 2 N–H and O–H groups in total. The molecule has 0 unspecified atom stereocenters. The highest BCUT2D eigenvalue weighted by atomic mass is 16.5. The van der Waals surface area contributed by atoms with Crippen molar-refractivity contribution in [3.8, 4) is 17.0 Å². The summed E-state index contributed by atoms with van der Waals surface area (Å²) in [5.74, 6) is 0.830. The summed E-state index contributed by atoms with van der Waals surface area (Å²) >= 11 is 0. The second-order valence-corrected chi connectivity index (χ2v) is 5.08. The van der Waals surface area contributed by atoms with Crippen LogP contribution in [0, 0.1) is 6.92 Å². The fourth-order valence-electron chi connectivity index (χ4n) is 2.63. The van der Waals surface area contributed by atoms with E-state index in [0.717, 1.165) is 34.8 Å². The van der Waals surface area contributed by atoms with E-state index in [1.807, 2.05) is 30.3 Å². The van der Waals surface area contributed by atoms with E-state index in [1.54, 1.807) is 7.11 Å². The first-order valence-electron chi connectivity index (χ1n) is 7.05. The van der Waals surface area contributed by atoms with Gasteiger partial charge in [0.15, 0.2) is 0 Å². The van der Waals surface area contributed by atoms with Gasteiger partial charge in [0, 0.05) is 18.2 Å². The number of aromatic nitrogens is 2. The van der Waals surface area contributed by atoms with Gasteiger partial charge in [0.05, 0.1) is 18.5 Å². The second kappa shape index (κ2) is 5.58. The van der Waals surface area contributed by atoms with Crippen LogP contribution in [-0.4, -0.2) is 23.0 Å². The lowest BCUT2D eigenvalue weighted by Gasteiger charge is -2.08. The summed E-state index contributed by atoms with van der Waals surface area (Å²) in [5.41, 5.74) is 11.0. The number of para-hydroxylation sites is 1. The SMILES string of the molecule is COc1ccccc1-c1nc2ccc(C)cn2c1CCN. The highest BCUT2D eigenvalue weighted by Gasteiger charge is 2.16. The summed E-state index contributed by atoms with van der Waals surface area (Å²) in [6.45, 7) is 2.67. The molecule has 0 aliphatic heterocycles. The number of pyridine rings is 1. The lowest BCUT2D eigenvalue weighted by atomic mass is 10.1. The van der Waals surface area contributed by atoms with Gasteiger partial charge < -0.3 is 14.9 Å². The molecule has 1 aromatic carbocycles. The van der Waals surface area contributed by atoms with Gasteiger partial charge in [-0.05, 0) is 37.2 Å². The molecule has 0 atom stereocenters. The van der Waals surface area contributed by atoms with Crippen LogP contribution < -0.4 is 10.5 Å². The summed E-state index contributed by atoms with van der Waals surface area (Å²) < 4.78 is 7.60. The Morgan fingerprint density at radius 1 is 1.19 bits per heavy atom. The number of imidazole rings is 1. The van der Waals surface area contributed by atoms with Crippen molar-refractivity contribution in [1.29, 1.82) is 0 Å². The molecular weight excluding hydrogens is 262 g/mol. The zero-order valence-electron chi connectivity index (χ0n) is 12.3. The Hall–Kier alpha value is -2.33. The third kappa shape index (κ3) is 2.38. The van der Waals surface area contributed by atoms with E-state index >= 15 is 0 Å². The molecule has 3 aromatic rings. The number of hydrogen-bond donors (Lipinski definition) is 1. The maximum absolute atomic E-state index is 5.79. The molecule has 0 bridgehead atoms. The number of ether oxygens (including phenoxy) is 1. The van der Waals surface area contributed by atoms with Gasteiger partial charge >= 0.3 is 0 Å². The molecule has 4 nitrogen and oxygen atoms in total. The number of aryl methyl sites for hydroxylation is 1. The zero-order valence-corrected chi connectivity index (χ0v) is 12.3. The van der Waals surface area contributed by atoms with Crippen molar-refractivity contribution in [2.24, 2.45) is 5.73 Å². The lowest BCUT2D eigenvalue weighted by Crippen LogP contribution is -2.06. The maximum atomic E-state index is 5.79. The van der Waals surface area contributed by atoms with Crippen molar-refractivity contribution in [2.75, 3.05) is 13.7 Å². The summed E-state index contributed by atoms with van der Waals surface area (Å²) in [7, 11) is 1.68. The van der Waals surface area contributed by atoms with Gasteiger partial charge in [-0.25, -0.2) is 4.98 Å². The molecular formula is C17H19N3O. The van der Waals surface area contributed by atoms with Crippen molar-refractivity contribution in [3.05, 3.63) is 53.9 Å². The van der Waals surface area contributed by atoms with Gasteiger partial charge in [0.2, 0.25) is 0 Å². The number of hydrogen-bond acceptors (Lipinski definition) is 3.